The predicted molar refractivity (Wildman–Crippen MR) is 77.9 cm³/mol. The van der Waals surface area contributed by atoms with Gasteiger partial charge in [-0.15, -0.1) is 0 Å². The average Bonchev–Trinajstić information content (AvgIpc) is 2.31. The van der Waals surface area contributed by atoms with Crippen LogP contribution in [0.1, 0.15) is 39.7 Å². The maximum Gasteiger partial charge on any atom is 0.165 e. The second kappa shape index (κ2) is 8.16. The highest BCUT2D eigenvalue weighted by Gasteiger charge is 2.10. The third-order valence-electron chi connectivity index (χ3n) is 2.86. The van der Waals surface area contributed by atoms with E-state index in [9.17, 15) is 4.39 Å². The fraction of sp³-hybridized carbons (Fsp3) is 0.625. The first-order valence-corrected chi connectivity index (χ1v) is 7.11. The van der Waals surface area contributed by atoms with Gasteiger partial charge in [-0.2, -0.15) is 0 Å². The van der Waals surface area contributed by atoms with Gasteiger partial charge in [0, 0.05) is 12.1 Å². The number of benzene rings is 1. The van der Waals surface area contributed by atoms with Crippen molar-refractivity contribution >= 4 is 0 Å². The van der Waals surface area contributed by atoms with E-state index >= 15 is 0 Å². The maximum absolute atomic E-state index is 13.8. The van der Waals surface area contributed by atoms with Crippen molar-refractivity contribution in [2.24, 2.45) is 11.8 Å². The van der Waals surface area contributed by atoms with Crippen molar-refractivity contribution in [1.29, 1.82) is 0 Å². The lowest BCUT2D eigenvalue weighted by atomic mass is 10.1. The Kier molecular flexibility index (Phi) is 6.85. The summed E-state index contributed by atoms with van der Waals surface area (Å²) in [7, 11) is 0. The first-order valence-electron chi connectivity index (χ1n) is 7.11. The van der Waals surface area contributed by atoms with Crippen molar-refractivity contribution in [2.75, 3.05) is 13.2 Å². The van der Waals surface area contributed by atoms with Crippen molar-refractivity contribution < 1.29 is 9.13 Å². The quantitative estimate of drug-likeness (QED) is 0.768. The van der Waals surface area contributed by atoms with E-state index in [1.807, 2.05) is 6.07 Å². The zero-order chi connectivity index (χ0) is 14.3. The molecule has 0 aliphatic heterocycles. The molecule has 0 aliphatic rings. The number of nitrogens with one attached hydrogen (secondary N) is 1. The van der Waals surface area contributed by atoms with Crippen LogP contribution in [-0.4, -0.2) is 13.2 Å². The van der Waals surface area contributed by atoms with Crippen molar-refractivity contribution in [3.05, 3.63) is 29.6 Å². The summed E-state index contributed by atoms with van der Waals surface area (Å²) >= 11 is 0. The van der Waals surface area contributed by atoms with Crippen LogP contribution in [-0.2, 0) is 6.54 Å². The highest BCUT2D eigenvalue weighted by molar-refractivity contribution is 5.34. The molecule has 0 radical (unpaired) electrons. The molecule has 0 saturated carbocycles. The fourth-order valence-corrected chi connectivity index (χ4v) is 1.75. The first kappa shape index (κ1) is 16.0. The second-order valence-electron chi connectivity index (χ2n) is 5.78. The molecule has 0 fully saturated rings. The van der Waals surface area contributed by atoms with E-state index < -0.39 is 0 Å². The van der Waals surface area contributed by atoms with E-state index in [0.29, 0.717) is 30.7 Å². The molecule has 0 bridgehead atoms. The molecule has 0 atom stereocenters. The molecule has 0 unspecified atom stereocenters. The van der Waals surface area contributed by atoms with Crippen LogP contribution in [0.15, 0.2) is 18.2 Å². The van der Waals surface area contributed by atoms with E-state index in [1.165, 1.54) is 6.07 Å². The molecule has 0 aliphatic carbocycles. The van der Waals surface area contributed by atoms with Crippen LogP contribution < -0.4 is 10.1 Å². The van der Waals surface area contributed by atoms with Gasteiger partial charge in [0.1, 0.15) is 0 Å². The number of halogens is 1. The summed E-state index contributed by atoms with van der Waals surface area (Å²) in [6.45, 7) is 10.7. The third kappa shape index (κ3) is 6.06. The molecule has 1 aromatic carbocycles. The van der Waals surface area contributed by atoms with Gasteiger partial charge in [0.25, 0.3) is 0 Å². The summed E-state index contributed by atoms with van der Waals surface area (Å²) in [5.74, 6) is 1.28. The molecule has 1 N–H and O–H groups in total. The zero-order valence-electron chi connectivity index (χ0n) is 12.5. The highest BCUT2D eigenvalue weighted by atomic mass is 19.1. The van der Waals surface area contributed by atoms with Gasteiger partial charge in [-0.1, -0.05) is 39.8 Å². The average molecular weight is 267 g/mol. The molecule has 1 aromatic rings. The smallest absolute Gasteiger partial charge is 0.165 e. The Bertz CT molecular complexity index is 377. The second-order valence-corrected chi connectivity index (χ2v) is 5.78. The van der Waals surface area contributed by atoms with Crippen LogP contribution >= 0.6 is 0 Å². The predicted octanol–water partition coefficient (Wildman–Crippen LogP) is 4.00. The Morgan fingerprint density at radius 1 is 1.16 bits per heavy atom. The molecule has 1 rings (SSSR count). The van der Waals surface area contributed by atoms with Gasteiger partial charge in [-0.05, 0) is 30.9 Å². The van der Waals surface area contributed by atoms with E-state index in [0.717, 1.165) is 18.5 Å². The number of hydrogen-bond donors (Lipinski definition) is 1. The van der Waals surface area contributed by atoms with Crippen LogP contribution in [0, 0.1) is 17.7 Å². The van der Waals surface area contributed by atoms with Crippen LogP contribution in [0.25, 0.3) is 0 Å². The van der Waals surface area contributed by atoms with Crippen molar-refractivity contribution in [3.63, 3.8) is 0 Å². The highest BCUT2D eigenvalue weighted by Crippen LogP contribution is 2.23. The van der Waals surface area contributed by atoms with Crippen LogP contribution in [0.2, 0.25) is 0 Å². The van der Waals surface area contributed by atoms with Gasteiger partial charge >= 0.3 is 0 Å². The van der Waals surface area contributed by atoms with Crippen molar-refractivity contribution in [1.82, 2.24) is 5.32 Å². The molecular weight excluding hydrogens is 241 g/mol. The van der Waals surface area contributed by atoms with Crippen molar-refractivity contribution in [3.8, 4) is 5.75 Å². The summed E-state index contributed by atoms with van der Waals surface area (Å²) in [5.41, 5.74) is 0.893. The lowest BCUT2D eigenvalue weighted by molar-refractivity contribution is 0.273. The Morgan fingerprint density at radius 3 is 2.53 bits per heavy atom. The van der Waals surface area contributed by atoms with Gasteiger partial charge in [-0.3, -0.25) is 0 Å². The largest absolute Gasteiger partial charge is 0.490 e. The standard InChI is InChI=1S/C16H26FNO/c1-12(2)8-9-19-16-14(6-5-7-15(16)17)11-18-10-13(3)4/h5-7,12-13,18H,8-11H2,1-4H3. The summed E-state index contributed by atoms with van der Waals surface area (Å²) in [6.07, 6.45) is 0.938. The number of ether oxygens (including phenoxy) is 1. The van der Waals surface area contributed by atoms with Gasteiger partial charge in [0.05, 0.1) is 6.61 Å². The molecule has 0 saturated heterocycles. The van der Waals surface area contributed by atoms with E-state index in [4.69, 9.17) is 4.74 Å². The summed E-state index contributed by atoms with van der Waals surface area (Å²) in [5, 5.41) is 3.32. The lowest BCUT2D eigenvalue weighted by Gasteiger charge is -2.14. The van der Waals surface area contributed by atoms with E-state index in [2.05, 4.69) is 33.0 Å². The molecule has 19 heavy (non-hydrogen) atoms. The van der Waals surface area contributed by atoms with Gasteiger partial charge < -0.3 is 10.1 Å². The normalized spacial score (nSPS) is 11.3. The molecule has 3 heteroatoms. The van der Waals surface area contributed by atoms with E-state index in [-0.39, 0.29) is 5.82 Å². The summed E-state index contributed by atoms with van der Waals surface area (Å²) in [4.78, 5) is 0. The molecule has 108 valence electrons. The zero-order valence-corrected chi connectivity index (χ0v) is 12.5. The SMILES string of the molecule is CC(C)CCOc1c(F)cccc1CNCC(C)C. The molecular formula is C16H26FNO. The number of rotatable bonds is 8. The molecule has 0 aromatic heterocycles. The Hall–Kier alpha value is -1.09. The van der Waals surface area contributed by atoms with Gasteiger partial charge in [-0.25, -0.2) is 4.39 Å². The minimum Gasteiger partial charge on any atom is -0.490 e. The van der Waals surface area contributed by atoms with E-state index in [1.54, 1.807) is 6.07 Å². The third-order valence-corrected chi connectivity index (χ3v) is 2.86. The minimum atomic E-state index is -0.271. The van der Waals surface area contributed by atoms with Crippen molar-refractivity contribution in [2.45, 2.75) is 40.7 Å². The van der Waals surface area contributed by atoms with Gasteiger partial charge in [0.15, 0.2) is 11.6 Å². The monoisotopic (exact) mass is 267 g/mol. The minimum absolute atomic E-state index is 0.271. The Balaban J connectivity index is 2.61. The summed E-state index contributed by atoms with van der Waals surface area (Å²) < 4.78 is 19.4. The Labute approximate surface area is 116 Å². The fourth-order valence-electron chi connectivity index (χ4n) is 1.75. The van der Waals surface area contributed by atoms with Crippen LogP contribution in [0.3, 0.4) is 0 Å². The van der Waals surface area contributed by atoms with Crippen LogP contribution in [0.4, 0.5) is 4.39 Å². The molecule has 2 nitrogen and oxygen atoms in total. The number of para-hydroxylation sites is 1. The summed E-state index contributed by atoms with van der Waals surface area (Å²) in [6, 6.07) is 5.11. The Morgan fingerprint density at radius 2 is 1.89 bits per heavy atom. The molecule has 0 spiro atoms. The molecule has 0 heterocycles. The maximum atomic E-state index is 13.8. The topological polar surface area (TPSA) is 21.3 Å². The van der Waals surface area contributed by atoms with Crippen LogP contribution in [0.5, 0.6) is 5.75 Å². The van der Waals surface area contributed by atoms with Gasteiger partial charge in [0.2, 0.25) is 0 Å². The first-order chi connectivity index (χ1) is 9.00. The molecule has 0 amide bonds. The lowest BCUT2D eigenvalue weighted by Crippen LogP contribution is -2.19. The number of hydrogen-bond acceptors (Lipinski definition) is 2.